The van der Waals surface area contributed by atoms with Gasteiger partial charge in [0.25, 0.3) is 0 Å². The molecule has 1 aliphatic rings. The monoisotopic (exact) mass is 331 g/mol. The summed E-state index contributed by atoms with van der Waals surface area (Å²) in [5.74, 6) is 0.225. The Morgan fingerprint density at radius 3 is 2.43 bits per heavy atom. The average Bonchev–Trinajstić information content (AvgIpc) is 2.58. The Hall–Kier alpha value is -1.52. The molecule has 0 amide bonds. The Balaban J connectivity index is 1.43. The molecule has 1 N–H and O–H groups in total. The quantitative estimate of drug-likeness (QED) is 0.882. The summed E-state index contributed by atoms with van der Waals surface area (Å²) in [7, 11) is 0. The van der Waals surface area contributed by atoms with Crippen molar-refractivity contribution in [3.05, 3.63) is 59.9 Å². The lowest BCUT2D eigenvalue weighted by Gasteiger charge is -2.31. The van der Waals surface area contributed by atoms with Crippen LogP contribution in [0.2, 0.25) is 0 Å². The lowest BCUT2D eigenvalue weighted by molar-refractivity contribution is 0.235. The smallest absolute Gasteiger partial charge is 0.126 e. The second-order valence-electron chi connectivity index (χ2n) is 5.99. The molecule has 1 aliphatic heterocycles. The molecule has 0 aliphatic carbocycles. The van der Waals surface area contributed by atoms with Crippen molar-refractivity contribution in [1.82, 2.24) is 4.90 Å². The highest BCUT2D eigenvalue weighted by Crippen LogP contribution is 2.31. The number of aromatic hydroxyl groups is 1. The zero-order valence-electron chi connectivity index (χ0n) is 13.1. The SMILES string of the molecule is Oc1ccc(SC2CCN(CCc3ccccc3F)CC2)cc1. The molecule has 2 aromatic rings. The Bertz CT molecular complexity index is 624. The van der Waals surface area contributed by atoms with Crippen LogP contribution in [0.15, 0.2) is 53.4 Å². The van der Waals surface area contributed by atoms with E-state index in [0.717, 1.165) is 44.5 Å². The number of halogens is 1. The van der Waals surface area contributed by atoms with Crippen LogP contribution in [0, 0.1) is 5.82 Å². The van der Waals surface area contributed by atoms with Gasteiger partial charge in [-0.15, -0.1) is 11.8 Å². The number of nitrogens with zero attached hydrogens (tertiary/aromatic N) is 1. The van der Waals surface area contributed by atoms with Gasteiger partial charge in [0.1, 0.15) is 11.6 Å². The van der Waals surface area contributed by atoms with Crippen molar-refractivity contribution in [2.75, 3.05) is 19.6 Å². The van der Waals surface area contributed by atoms with E-state index in [4.69, 9.17) is 0 Å². The number of thioether (sulfide) groups is 1. The van der Waals surface area contributed by atoms with Crippen LogP contribution in [0.3, 0.4) is 0 Å². The molecule has 3 rings (SSSR count). The van der Waals surface area contributed by atoms with Gasteiger partial charge in [-0.3, -0.25) is 0 Å². The molecule has 2 aromatic carbocycles. The van der Waals surface area contributed by atoms with Gasteiger partial charge in [0.2, 0.25) is 0 Å². The van der Waals surface area contributed by atoms with Gasteiger partial charge in [-0.2, -0.15) is 0 Å². The predicted molar refractivity (Wildman–Crippen MR) is 93.5 cm³/mol. The zero-order chi connectivity index (χ0) is 16.1. The maximum Gasteiger partial charge on any atom is 0.126 e. The van der Waals surface area contributed by atoms with Crippen molar-refractivity contribution in [2.45, 2.75) is 29.4 Å². The van der Waals surface area contributed by atoms with Gasteiger partial charge in [-0.1, -0.05) is 18.2 Å². The second kappa shape index (κ2) is 7.84. The summed E-state index contributed by atoms with van der Waals surface area (Å²) in [4.78, 5) is 3.65. The Kier molecular flexibility index (Phi) is 5.57. The highest BCUT2D eigenvalue weighted by Gasteiger charge is 2.20. The highest BCUT2D eigenvalue weighted by atomic mass is 32.2. The van der Waals surface area contributed by atoms with Crippen LogP contribution >= 0.6 is 11.8 Å². The highest BCUT2D eigenvalue weighted by molar-refractivity contribution is 8.00. The Morgan fingerprint density at radius 2 is 1.74 bits per heavy atom. The summed E-state index contributed by atoms with van der Waals surface area (Å²) in [5.41, 5.74) is 0.813. The van der Waals surface area contributed by atoms with Crippen LogP contribution in [-0.4, -0.2) is 34.9 Å². The summed E-state index contributed by atoms with van der Waals surface area (Å²) >= 11 is 1.89. The molecule has 1 saturated heterocycles. The molecule has 0 unspecified atom stereocenters. The topological polar surface area (TPSA) is 23.5 Å². The molecule has 0 spiro atoms. The van der Waals surface area contributed by atoms with Crippen LogP contribution in [-0.2, 0) is 6.42 Å². The number of hydrogen-bond acceptors (Lipinski definition) is 3. The van der Waals surface area contributed by atoms with Gasteiger partial charge in [0.15, 0.2) is 0 Å². The van der Waals surface area contributed by atoms with Crippen LogP contribution in [0.4, 0.5) is 4.39 Å². The van der Waals surface area contributed by atoms with E-state index in [-0.39, 0.29) is 5.82 Å². The molecular weight excluding hydrogens is 309 g/mol. The number of hydrogen-bond donors (Lipinski definition) is 1. The van der Waals surface area contributed by atoms with E-state index in [9.17, 15) is 9.50 Å². The molecule has 0 radical (unpaired) electrons. The molecule has 0 aromatic heterocycles. The lowest BCUT2D eigenvalue weighted by atomic mass is 10.1. The number of phenols is 1. The molecule has 2 nitrogen and oxygen atoms in total. The van der Waals surface area contributed by atoms with Crippen LogP contribution in [0.5, 0.6) is 5.75 Å². The van der Waals surface area contributed by atoms with E-state index >= 15 is 0 Å². The predicted octanol–water partition coefficient (Wildman–Crippen LogP) is 4.33. The first-order valence-electron chi connectivity index (χ1n) is 8.12. The normalized spacial score (nSPS) is 16.6. The van der Waals surface area contributed by atoms with Gasteiger partial charge in [0.05, 0.1) is 0 Å². The fourth-order valence-corrected chi connectivity index (χ4v) is 4.07. The Morgan fingerprint density at radius 1 is 1.04 bits per heavy atom. The number of piperidine rings is 1. The maximum absolute atomic E-state index is 13.6. The molecule has 1 fully saturated rings. The summed E-state index contributed by atoms with van der Waals surface area (Å²) in [6.45, 7) is 3.08. The van der Waals surface area contributed by atoms with Crippen molar-refractivity contribution >= 4 is 11.8 Å². The first kappa shape index (κ1) is 16.3. The van der Waals surface area contributed by atoms with Crippen molar-refractivity contribution in [3.8, 4) is 5.75 Å². The van der Waals surface area contributed by atoms with E-state index in [1.807, 2.05) is 36.0 Å². The largest absolute Gasteiger partial charge is 0.508 e. The summed E-state index contributed by atoms with van der Waals surface area (Å²) < 4.78 is 13.6. The van der Waals surface area contributed by atoms with Gasteiger partial charge < -0.3 is 10.0 Å². The van der Waals surface area contributed by atoms with E-state index < -0.39 is 0 Å². The fourth-order valence-electron chi connectivity index (χ4n) is 2.95. The first-order chi connectivity index (χ1) is 11.2. The third-order valence-electron chi connectivity index (χ3n) is 4.33. The van der Waals surface area contributed by atoms with Crippen molar-refractivity contribution < 1.29 is 9.50 Å². The minimum atomic E-state index is -0.0923. The molecule has 0 atom stereocenters. The van der Waals surface area contributed by atoms with E-state index in [0.29, 0.717) is 11.0 Å². The first-order valence-corrected chi connectivity index (χ1v) is 9.00. The molecule has 4 heteroatoms. The van der Waals surface area contributed by atoms with Crippen molar-refractivity contribution in [1.29, 1.82) is 0 Å². The molecule has 1 heterocycles. The summed E-state index contributed by atoms with van der Waals surface area (Å²) in [5, 5.41) is 9.96. The van der Waals surface area contributed by atoms with Gasteiger partial charge in [0, 0.05) is 16.7 Å². The van der Waals surface area contributed by atoms with E-state index in [1.165, 1.54) is 11.0 Å². The van der Waals surface area contributed by atoms with E-state index in [1.54, 1.807) is 18.2 Å². The molecule has 0 bridgehead atoms. The minimum absolute atomic E-state index is 0.0923. The zero-order valence-corrected chi connectivity index (χ0v) is 13.9. The number of benzene rings is 2. The van der Waals surface area contributed by atoms with Gasteiger partial charge in [-0.05, 0) is 68.2 Å². The molecular formula is C19H22FNOS. The fraction of sp³-hybridized carbons (Fsp3) is 0.368. The molecule has 0 saturated carbocycles. The summed E-state index contributed by atoms with van der Waals surface area (Å²) in [6.07, 6.45) is 3.09. The maximum atomic E-state index is 13.6. The number of phenolic OH excluding ortho intramolecular Hbond substituents is 1. The van der Waals surface area contributed by atoms with Crippen molar-refractivity contribution in [3.63, 3.8) is 0 Å². The average molecular weight is 331 g/mol. The number of rotatable bonds is 5. The Labute approximate surface area is 141 Å². The van der Waals surface area contributed by atoms with Crippen LogP contribution in [0.1, 0.15) is 18.4 Å². The second-order valence-corrected chi connectivity index (χ2v) is 7.37. The third kappa shape index (κ3) is 4.72. The minimum Gasteiger partial charge on any atom is -0.508 e. The van der Waals surface area contributed by atoms with Gasteiger partial charge in [-0.25, -0.2) is 4.39 Å². The number of likely N-dealkylation sites (tertiary alicyclic amines) is 1. The summed E-state index contributed by atoms with van der Waals surface area (Å²) in [6, 6.07) is 14.5. The van der Waals surface area contributed by atoms with Crippen LogP contribution in [0.25, 0.3) is 0 Å². The third-order valence-corrected chi connectivity index (χ3v) is 5.68. The van der Waals surface area contributed by atoms with Crippen LogP contribution < -0.4 is 0 Å². The standard InChI is InChI=1S/C19H22FNOS/c20-19-4-2-1-3-15(19)9-12-21-13-10-18(11-14-21)23-17-7-5-16(22)6-8-17/h1-8,18,22H,9-14H2. The van der Waals surface area contributed by atoms with E-state index in [2.05, 4.69) is 4.90 Å². The van der Waals surface area contributed by atoms with Gasteiger partial charge >= 0.3 is 0 Å². The van der Waals surface area contributed by atoms with Crippen molar-refractivity contribution in [2.24, 2.45) is 0 Å². The molecule has 122 valence electrons. The molecule has 23 heavy (non-hydrogen) atoms. The lowest BCUT2D eigenvalue weighted by Crippen LogP contribution is -2.36.